The van der Waals surface area contributed by atoms with Crippen LogP contribution in [0.4, 0.5) is 5.69 Å². The Balaban J connectivity index is 1.74. The van der Waals surface area contributed by atoms with Gasteiger partial charge in [0, 0.05) is 17.3 Å². The first-order chi connectivity index (χ1) is 6.84. The topological polar surface area (TPSA) is 12.0 Å². The number of benzene rings is 1. The van der Waals surface area contributed by atoms with Crippen molar-refractivity contribution in [1.29, 1.82) is 0 Å². The van der Waals surface area contributed by atoms with Crippen molar-refractivity contribution in [2.45, 2.75) is 25.7 Å². The molecule has 1 aromatic rings. The highest BCUT2D eigenvalue weighted by Gasteiger charge is 2.16. The molecule has 0 unspecified atom stereocenters. The number of hydrogen-bond acceptors (Lipinski definition) is 1. The fourth-order valence-electron chi connectivity index (χ4n) is 1.80. The summed E-state index contributed by atoms with van der Waals surface area (Å²) in [6, 6.07) is 7.92. The van der Waals surface area contributed by atoms with Crippen molar-refractivity contribution in [3.63, 3.8) is 0 Å². The normalized spacial score (nSPS) is 16.4. The molecule has 0 aromatic heterocycles. The average molecular weight is 210 g/mol. The zero-order valence-corrected chi connectivity index (χ0v) is 9.06. The molecule has 0 radical (unpaired) electrons. The maximum Gasteiger partial charge on any atom is 0.0426 e. The van der Waals surface area contributed by atoms with Gasteiger partial charge in [0.1, 0.15) is 0 Å². The van der Waals surface area contributed by atoms with E-state index in [2.05, 4.69) is 11.4 Å². The highest BCUT2D eigenvalue weighted by Crippen LogP contribution is 2.29. The van der Waals surface area contributed by atoms with Crippen LogP contribution in [0.3, 0.4) is 0 Å². The second-order valence-corrected chi connectivity index (χ2v) is 4.46. The molecule has 76 valence electrons. The van der Waals surface area contributed by atoms with E-state index < -0.39 is 0 Å². The minimum atomic E-state index is 0.804. The maximum atomic E-state index is 5.88. The van der Waals surface area contributed by atoms with Gasteiger partial charge in [0.05, 0.1) is 0 Å². The third-order valence-electron chi connectivity index (χ3n) is 2.93. The molecule has 14 heavy (non-hydrogen) atoms. The van der Waals surface area contributed by atoms with Gasteiger partial charge < -0.3 is 5.32 Å². The number of hydrogen-bond donors (Lipinski definition) is 1. The molecule has 1 fully saturated rings. The largest absolute Gasteiger partial charge is 0.385 e. The highest BCUT2D eigenvalue weighted by molar-refractivity contribution is 6.30. The fraction of sp³-hybridized carbons (Fsp3) is 0.500. The second-order valence-electron chi connectivity index (χ2n) is 4.02. The van der Waals surface area contributed by atoms with E-state index in [-0.39, 0.29) is 0 Å². The van der Waals surface area contributed by atoms with Crippen molar-refractivity contribution in [3.05, 3.63) is 29.3 Å². The van der Waals surface area contributed by atoms with E-state index in [0.29, 0.717) is 0 Å². The lowest BCUT2D eigenvalue weighted by atomic mass is 9.83. The van der Waals surface area contributed by atoms with Gasteiger partial charge in [0.15, 0.2) is 0 Å². The molecule has 0 amide bonds. The molecule has 0 heterocycles. The smallest absolute Gasteiger partial charge is 0.0426 e. The van der Waals surface area contributed by atoms with Crippen LogP contribution in [0.15, 0.2) is 24.3 Å². The Kier molecular flexibility index (Phi) is 3.30. The third-order valence-corrected chi connectivity index (χ3v) is 3.17. The van der Waals surface area contributed by atoms with E-state index in [0.717, 1.165) is 23.2 Å². The third kappa shape index (κ3) is 2.65. The van der Waals surface area contributed by atoms with Crippen LogP contribution in [0.2, 0.25) is 5.02 Å². The Morgan fingerprint density at radius 2 is 2.21 bits per heavy atom. The Morgan fingerprint density at radius 3 is 2.86 bits per heavy atom. The van der Waals surface area contributed by atoms with E-state index in [9.17, 15) is 0 Å². The van der Waals surface area contributed by atoms with Gasteiger partial charge in [-0.1, -0.05) is 36.9 Å². The summed E-state index contributed by atoms with van der Waals surface area (Å²) in [6.07, 6.45) is 5.59. The maximum absolute atomic E-state index is 5.88. The van der Waals surface area contributed by atoms with Crippen LogP contribution in [-0.2, 0) is 0 Å². The van der Waals surface area contributed by atoms with Crippen LogP contribution in [0, 0.1) is 5.92 Å². The van der Waals surface area contributed by atoms with Crippen molar-refractivity contribution in [2.75, 3.05) is 11.9 Å². The van der Waals surface area contributed by atoms with Crippen LogP contribution < -0.4 is 5.32 Å². The van der Waals surface area contributed by atoms with Gasteiger partial charge in [-0.2, -0.15) is 0 Å². The van der Waals surface area contributed by atoms with E-state index in [1.165, 1.54) is 25.7 Å². The molecule has 1 aliphatic rings. The number of halogens is 1. The summed E-state index contributed by atoms with van der Waals surface area (Å²) in [6.45, 7) is 1.07. The van der Waals surface area contributed by atoms with Crippen LogP contribution >= 0.6 is 11.6 Å². The first-order valence-corrected chi connectivity index (χ1v) is 5.72. The molecule has 1 N–H and O–H groups in total. The van der Waals surface area contributed by atoms with Crippen LogP contribution in [0.5, 0.6) is 0 Å². The van der Waals surface area contributed by atoms with Gasteiger partial charge in [0.2, 0.25) is 0 Å². The first kappa shape index (κ1) is 9.85. The van der Waals surface area contributed by atoms with Gasteiger partial charge in [-0.15, -0.1) is 0 Å². The summed E-state index contributed by atoms with van der Waals surface area (Å²) in [5.74, 6) is 0.974. The molecular weight excluding hydrogens is 194 g/mol. The zero-order valence-electron chi connectivity index (χ0n) is 8.30. The molecule has 1 aliphatic carbocycles. The van der Waals surface area contributed by atoms with E-state index in [4.69, 9.17) is 11.6 Å². The highest BCUT2D eigenvalue weighted by atomic mass is 35.5. The van der Waals surface area contributed by atoms with Gasteiger partial charge in [-0.05, 0) is 30.5 Å². The molecule has 0 aliphatic heterocycles. The van der Waals surface area contributed by atoms with Gasteiger partial charge in [-0.25, -0.2) is 0 Å². The van der Waals surface area contributed by atoms with Gasteiger partial charge in [0.25, 0.3) is 0 Å². The molecular formula is C12H16ClN. The van der Waals surface area contributed by atoms with Crippen LogP contribution in [0.1, 0.15) is 25.7 Å². The Labute approximate surface area is 90.5 Å². The quantitative estimate of drug-likeness (QED) is 0.792. The number of rotatable bonds is 4. The molecule has 0 saturated heterocycles. The van der Waals surface area contributed by atoms with Crippen molar-refractivity contribution >= 4 is 17.3 Å². The van der Waals surface area contributed by atoms with E-state index in [1.807, 2.05) is 18.2 Å². The molecule has 1 saturated carbocycles. The monoisotopic (exact) mass is 209 g/mol. The van der Waals surface area contributed by atoms with Crippen molar-refractivity contribution in [3.8, 4) is 0 Å². The summed E-state index contributed by atoms with van der Waals surface area (Å²) in [7, 11) is 0. The molecule has 0 bridgehead atoms. The molecule has 1 aromatic carbocycles. The fourth-order valence-corrected chi connectivity index (χ4v) is 1.99. The van der Waals surface area contributed by atoms with Crippen molar-refractivity contribution < 1.29 is 0 Å². The van der Waals surface area contributed by atoms with Crippen molar-refractivity contribution in [2.24, 2.45) is 5.92 Å². The second kappa shape index (κ2) is 4.70. The predicted molar refractivity (Wildman–Crippen MR) is 61.9 cm³/mol. The van der Waals surface area contributed by atoms with Gasteiger partial charge >= 0.3 is 0 Å². The molecule has 0 atom stereocenters. The minimum absolute atomic E-state index is 0.804. The summed E-state index contributed by atoms with van der Waals surface area (Å²) >= 11 is 5.88. The molecule has 2 heteroatoms. The lowest BCUT2D eigenvalue weighted by molar-refractivity contribution is 0.303. The van der Waals surface area contributed by atoms with Crippen LogP contribution in [-0.4, -0.2) is 6.54 Å². The lowest BCUT2D eigenvalue weighted by Crippen LogP contribution is -2.15. The molecule has 2 rings (SSSR count). The average Bonchev–Trinajstić information content (AvgIpc) is 2.09. The van der Waals surface area contributed by atoms with Gasteiger partial charge in [-0.3, -0.25) is 0 Å². The first-order valence-electron chi connectivity index (χ1n) is 5.34. The summed E-state index contributed by atoms with van der Waals surface area (Å²) in [5.41, 5.74) is 1.14. The number of anilines is 1. The SMILES string of the molecule is Clc1cccc(NCCC2CCC2)c1. The Hall–Kier alpha value is -0.690. The Morgan fingerprint density at radius 1 is 1.36 bits per heavy atom. The Bertz CT molecular complexity index is 294. The minimum Gasteiger partial charge on any atom is -0.385 e. The van der Waals surface area contributed by atoms with Crippen LogP contribution in [0.25, 0.3) is 0 Å². The summed E-state index contributed by atoms with van der Waals surface area (Å²) in [4.78, 5) is 0. The molecule has 1 nitrogen and oxygen atoms in total. The number of nitrogens with one attached hydrogen (secondary N) is 1. The summed E-state index contributed by atoms with van der Waals surface area (Å²) in [5, 5.41) is 4.20. The van der Waals surface area contributed by atoms with Crippen molar-refractivity contribution in [1.82, 2.24) is 0 Å². The zero-order chi connectivity index (χ0) is 9.80. The summed E-state index contributed by atoms with van der Waals surface area (Å²) < 4.78 is 0. The van der Waals surface area contributed by atoms with E-state index >= 15 is 0 Å². The van der Waals surface area contributed by atoms with E-state index in [1.54, 1.807) is 0 Å². The standard InChI is InChI=1S/C12H16ClN/c13-11-5-2-6-12(9-11)14-8-7-10-3-1-4-10/h2,5-6,9-10,14H,1,3-4,7-8H2. The predicted octanol–water partition coefficient (Wildman–Crippen LogP) is 3.94. The lowest BCUT2D eigenvalue weighted by Gasteiger charge is -2.25. The molecule has 0 spiro atoms.